The molecule has 1 heterocycles. The van der Waals surface area contributed by atoms with Gasteiger partial charge in [-0.05, 0) is 55.9 Å². The van der Waals surface area contributed by atoms with Crippen LogP contribution in [0.2, 0.25) is 0 Å². The van der Waals surface area contributed by atoms with Gasteiger partial charge >= 0.3 is 5.97 Å². The van der Waals surface area contributed by atoms with Gasteiger partial charge in [0, 0.05) is 30.1 Å². The largest absolute Gasteiger partial charge is 0.497 e. The second-order valence-electron chi connectivity index (χ2n) is 7.34. The Morgan fingerprint density at radius 3 is 2.24 bits per heavy atom. The molecular weight excluding hydrogens is 442 g/mol. The van der Waals surface area contributed by atoms with E-state index in [1.165, 1.54) is 14.2 Å². The van der Waals surface area contributed by atoms with Gasteiger partial charge in [0.25, 0.3) is 5.91 Å². The quantitative estimate of drug-likeness (QED) is 0.469. The van der Waals surface area contributed by atoms with Gasteiger partial charge in [0.1, 0.15) is 11.5 Å². The molecule has 0 aromatic heterocycles. The molecule has 0 saturated carbocycles. The SMILES string of the molecule is CCOC(=O)C1=C(C)N(C)C(=S)NC1c1ccc(NC(=O)c2cc(OC)cc(OC)c2)cc1. The third-order valence-corrected chi connectivity index (χ3v) is 5.76. The van der Waals surface area contributed by atoms with E-state index in [1.807, 2.05) is 19.1 Å². The average molecular weight is 470 g/mol. The number of hydrogen-bond acceptors (Lipinski definition) is 6. The fraction of sp³-hybridized carbons (Fsp3) is 0.292. The maximum Gasteiger partial charge on any atom is 0.338 e. The smallest absolute Gasteiger partial charge is 0.338 e. The number of allylic oxidation sites excluding steroid dienone is 1. The molecule has 174 valence electrons. The van der Waals surface area contributed by atoms with Crippen molar-refractivity contribution in [3.8, 4) is 11.5 Å². The van der Waals surface area contributed by atoms with Crippen LogP contribution in [0.5, 0.6) is 11.5 Å². The Balaban J connectivity index is 1.84. The van der Waals surface area contributed by atoms with Crippen molar-refractivity contribution in [1.29, 1.82) is 0 Å². The highest BCUT2D eigenvalue weighted by Gasteiger charge is 2.33. The molecule has 1 aliphatic rings. The van der Waals surface area contributed by atoms with Crippen LogP contribution in [0.15, 0.2) is 53.7 Å². The lowest BCUT2D eigenvalue weighted by atomic mass is 9.95. The van der Waals surface area contributed by atoms with Gasteiger partial charge < -0.3 is 29.7 Å². The second-order valence-corrected chi connectivity index (χ2v) is 7.73. The van der Waals surface area contributed by atoms with Gasteiger partial charge in [-0.2, -0.15) is 0 Å². The maximum atomic E-state index is 12.7. The van der Waals surface area contributed by atoms with Crippen LogP contribution in [-0.2, 0) is 9.53 Å². The fourth-order valence-corrected chi connectivity index (χ4v) is 3.71. The molecule has 8 nitrogen and oxygen atoms in total. The van der Waals surface area contributed by atoms with Crippen LogP contribution in [0.4, 0.5) is 5.69 Å². The predicted molar refractivity (Wildman–Crippen MR) is 130 cm³/mol. The summed E-state index contributed by atoms with van der Waals surface area (Å²) in [6.45, 7) is 3.88. The Morgan fingerprint density at radius 1 is 1.09 bits per heavy atom. The van der Waals surface area contributed by atoms with Gasteiger partial charge in [-0.3, -0.25) is 4.79 Å². The molecule has 0 spiro atoms. The number of carbonyl (C=O) groups excluding carboxylic acids is 2. The van der Waals surface area contributed by atoms with Gasteiger partial charge in [-0.25, -0.2) is 4.79 Å². The summed E-state index contributed by atoms with van der Waals surface area (Å²) in [5.41, 5.74) is 3.04. The molecule has 1 atom stereocenters. The Hall–Kier alpha value is -3.59. The summed E-state index contributed by atoms with van der Waals surface area (Å²) in [6, 6.07) is 11.7. The number of nitrogens with zero attached hydrogens (tertiary/aromatic N) is 1. The number of nitrogens with one attached hydrogen (secondary N) is 2. The van der Waals surface area contributed by atoms with Crippen LogP contribution in [0.25, 0.3) is 0 Å². The first-order valence-corrected chi connectivity index (χ1v) is 10.8. The van der Waals surface area contributed by atoms with E-state index < -0.39 is 12.0 Å². The summed E-state index contributed by atoms with van der Waals surface area (Å²) < 4.78 is 15.7. The molecule has 0 radical (unpaired) electrons. The number of methoxy groups -OCH3 is 2. The molecule has 0 bridgehead atoms. The first-order chi connectivity index (χ1) is 15.8. The molecule has 1 amide bonds. The van der Waals surface area contributed by atoms with Gasteiger partial charge in [-0.15, -0.1) is 0 Å². The first-order valence-electron chi connectivity index (χ1n) is 10.4. The molecule has 0 aliphatic carbocycles. The van der Waals surface area contributed by atoms with E-state index in [0.717, 1.165) is 11.3 Å². The second kappa shape index (κ2) is 10.4. The van der Waals surface area contributed by atoms with Crippen LogP contribution in [0, 0.1) is 0 Å². The maximum absolute atomic E-state index is 12.7. The number of anilines is 1. The Labute approximate surface area is 198 Å². The highest BCUT2D eigenvalue weighted by Crippen LogP contribution is 2.31. The summed E-state index contributed by atoms with van der Waals surface area (Å²) in [4.78, 5) is 27.1. The third-order valence-electron chi connectivity index (χ3n) is 5.36. The summed E-state index contributed by atoms with van der Waals surface area (Å²) in [5.74, 6) is 0.341. The molecule has 9 heteroatoms. The molecule has 2 aromatic carbocycles. The van der Waals surface area contributed by atoms with Gasteiger partial charge in [0.05, 0.1) is 32.4 Å². The molecule has 3 rings (SSSR count). The number of esters is 1. The monoisotopic (exact) mass is 469 g/mol. The molecule has 33 heavy (non-hydrogen) atoms. The fourth-order valence-electron chi connectivity index (χ4n) is 3.46. The summed E-state index contributed by atoms with van der Waals surface area (Å²) in [6.07, 6.45) is 0. The highest BCUT2D eigenvalue weighted by molar-refractivity contribution is 7.80. The molecule has 2 N–H and O–H groups in total. The lowest BCUT2D eigenvalue weighted by Crippen LogP contribution is -2.46. The lowest BCUT2D eigenvalue weighted by molar-refractivity contribution is -0.139. The molecule has 1 aliphatic heterocycles. The summed E-state index contributed by atoms with van der Waals surface area (Å²) >= 11 is 5.42. The van der Waals surface area contributed by atoms with Gasteiger partial charge in [0.2, 0.25) is 0 Å². The van der Waals surface area contributed by atoms with E-state index in [0.29, 0.717) is 33.4 Å². The summed E-state index contributed by atoms with van der Waals surface area (Å²) in [5, 5.41) is 6.57. The van der Waals surface area contributed by atoms with Crippen LogP contribution in [0.3, 0.4) is 0 Å². The Bertz CT molecular complexity index is 1080. The Kier molecular flexibility index (Phi) is 7.55. The molecule has 2 aromatic rings. The number of amides is 1. The third kappa shape index (κ3) is 5.25. The molecular formula is C24H27N3O5S. The predicted octanol–water partition coefficient (Wildman–Crippen LogP) is 3.65. The standard InChI is InChI=1S/C24H27N3O5S/c1-6-32-23(29)20-14(2)27(3)24(33)26-21(20)15-7-9-17(10-8-15)25-22(28)16-11-18(30-4)13-19(12-16)31-5/h7-13,21H,6H2,1-5H3,(H,25,28)(H,26,33). The van der Waals surface area contributed by atoms with Crippen molar-refractivity contribution in [2.24, 2.45) is 0 Å². The van der Waals surface area contributed by atoms with E-state index >= 15 is 0 Å². The van der Waals surface area contributed by atoms with Crippen molar-refractivity contribution in [3.63, 3.8) is 0 Å². The normalized spacial score (nSPS) is 15.6. The minimum atomic E-state index is -0.458. The van der Waals surface area contributed by atoms with Crippen LogP contribution >= 0.6 is 12.2 Å². The molecule has 0 saturated heterocycles. The van der Waals surface area contributed by atoms with E-state index in [2.05, 4.69) is 10.6 Å². The van der Waals surface area contributed by atoms with Crippen molar-refractivity contribution in [2.45, 2.75) is 19.9 Å². The minimum Gasteiger partial charge on any atom is -0.497 e. The molecule has 0 fully saturated rings. The number of hydrogen-bond donors (Lipinski definition) is 2. The van der Waals surface area contributed by atoms with Crippen molar-refractivity contribution >= 4 is 34.9 Å². The van der Waals surface area contributed by atoms with E-state index in [9.17, 15) is 9.59 Å². The number of thiocarbonyl (C=S) groups is 1. The number of benzene rings is 2. The topological polar surface area (TPSA) is 89.1 Å². The van der Waals surface area contributed by atoms with Gasteiger partial charge in [0.15, 0.2) is 5.11 Å². The van der Waals surface area contributed by atoms with Crippen molar-refractivity contribution < 1.29 is 23.8 Å². The zero-order valence-electron chi connectivity index (χ0n) is 19.2. The van der Waals surface area contributed by atoms with Gasteiger partial charge in [-0.1, -0.05) is 12.1 Å². The zero-order valence-corrected chi connectivity index (χ0v) is 20.0. The van der Waals surface area contributed by atoms with Crippen molar-refractivity contribution in [1.82, 2.24) is 10.2 Å². The zero-order chi connectivity index (χ0) is 24.1. The molecule has 1 unspecified atom stereocenters. The van der Waals surface area contributed by atoms with Crippen molar-refractivity contribution in [2.75, 3.05) is 33.2 Å². The lowest BCUT2D eigenvalue weighted by Gasteiger charge is -2.35. The van der Waals surface area contributed by atoms with E-state index in [-0.39, 0.29) is 12.5 Å². The van der Waals surface area contributed by atoms with E-state index in [4.69, 9.17) is 26.4 Å². The van der Waals surface area contributed by atoms with Crippen LogP contribution < -0.4 is 20.1 Å². The number of carbonyl (C=O) groups is 2. The van der Waals surface area contributed by atoms with E-state index in [1.54, 1.807) is 49.2 Å². The first kappa shape index (κ1) is 24.1. The Morgan fingerprint density at radius 2 is 1.70 bits per heavy atom. The minimum absolute atomic E-state index is 0.274. The summed E-state index contributed by atoms with van der Waals surface area (Å²) in [7, 11) is 4.85. The van der Waals surface area contributed by atoms with Crippen LogP contribution in [-0.4, -0.2) is 49.8 Å². The number of rotatable bonds is 7. The van der Waals surface area contributed by atoms with Crippen LogP contribution in [0.1, 0.15) is 35.8 Å². The average Bonchev–Trinajstić information content (AvgIpc) is 2.82. The number of ether oxygens (including phenoxy) is 3. The van der Waals surface area contributed by atoms with Crippen molar-refractivity contribution in [3.05, 3.63) is 64.9 Å². The highest BCUT2D eigenvalue weighted by atomic mass is 32.1.